The van der Waals surface area contributed by atoms with E-state index in [0.29, 0.717) is 10.7 Å². The lowest BCUT2D eigenvalue weighted by atomic mass is 10.2. The molecule has 0 radical (unpaired) electrons. The summed E-state index contributed by atoms with van der Waals surface area (Å²) in [5, 5.41) is 0.509. The van der Waals surface area contributed by atoms with E-state index < -0.39 is 0 Å². The highest BCUT2D eigenvalue weighted by molar-refractivity contribution is 6.33. The van der Waals surface area contributed by atoms with Crippen LogP contribution in [0.4, 0.5) is 11.4 Å². The molecule has 102 valence electrons. The van der Waals surface area contributed by atoms with Gasteiger partial charge in [0.05, 0.1) is 10.7 Å². The maximum atomic E-state index is 12.1. The fraction of sp³-hybridized carbons (Fsp3) is 0.0625. The minimum atomic E-state index is -0.107. The fourth-order valence-corrected chi connectivity index (χ4v) is 1.84. The fourth-order valence-electron chi connectivity index (χ4n) is 1.72. The smallest absolute Gasteiger partial charge is 0.250 e. The van der Waals surface area contributed by atoms with Gasteiger partial charge in [-0.25, -0.2) is 0 Å². The third-order valence-electron chi connectivity index (χ3n) is 2.91. The molecule has 2 aromatic carbocycles. The number of hydrogen-bond acceptors (Lipinski definition) is 2. The van der Waals surface area contributed by atoms with Crippen LogP contribution in [0.2, 0.25) is 5.02 Å². The first-order valence-corrected chi connectivity index (χ1v) is 6.51. The zero-order valence-corrected chi connectivity index (χ0v) is 11.8. The Morgan fingerprint density at radius 2 is 1.90 bits per heavy atom. The highest BCUT2D eigenvalue weighted by Crippen LogP contribution is 2.20. The van der Waals surface area contributed by atoms with E-state index in [1.165, 1.54) is 6.08 Å². The van der Waals surface area contributed by atoms with Crippen LogP contribution in [0.1, 0.15) is 5.56 Å². The summed E-state index contributed by atoms with van der Waals surface area (Å²) >= 11 is 5.85. The van der Waals surface area contributed by atoms with Crippen molar-refractivity contribution in [2.45, 2.75) is 0 Å². The molecule has 3 nitrogen and oxygen atoms in total. The molecular formula is C16H15ClN2O. The predicted octanol–water partition coefficient (Wildman–Crippen LogP) is 3.60. The molecule has 0 aliphatic carbocycles. The van der Waals surface area contributed by atoms with Crippen LogP contribution < -0.4 is 10.6 Å². The minimum Gasteiger partial charge on any atom is -0.398 e. The van der Waals surface area contributed by atoms with E-state index in [9.17, 15) is 4.79 Å². The van der Waals surface area contributed by atoms with Gasteiger partial charge in [-0.3, -0.25) is 4.79 Å². The van der Waals surface area contributed by atoms with Gasteiger partial charge >= 0.3 is 0 Å². The van der Waals surface area contributed by atoms with Gasteiger partial charge in [-0.05, 0) is 35.9 Å². The number of nitrogens with zero attached hydrogens (tertiary/aromatic N) is 1. The standard InChI is InChI=1S/C16H15ClN2O/c1-19(13-5-3-2-4-6-13)16(20)10-8-12-7-9-14(17)15(18)11-12/h2-11H,18H2,1H3/b10-8+. The van der Waals surface area contributed by atoms with E-state index in [1.807, 2.05) is 36.4 Å². The molecular weight excluding hydrogens is 272 g/mol. The summed E-state index contributed by atoms with van der Waals surface area (Å²) in [5.74, 6) is -0.107. The Bertz CT molecular complexity index is 638. The van der Waals surface area contributed by atoms with E-state index in [1.54, 1.807) is 30.2 Å². The minimum absolute atomic E-state index is 0.107. The first-order valence-electron chi connectivity index (χ1n) is 6.14. The van der Waals surface area contributed by atoms with Crippen molar-refractivity contribution in [1.29, 1.82) is 0 Å². The Labute approximate surface area is 123 Å². The van der Waals surface area contributed by atoms with Crippen molar-refractivity contribution < 1.29 is 4.79 Å². The quantitative estimate of drug-likeness (QED) is 0.692. The monoisotopic (exact) mass is 286 g/mol. The topological polar surface area (TPSA) is 46.3 Å². The molecule has 0 aliphatic rings. The number of halogens is 1. The van der Waals surface area contributed by atoms with E-state index in [4.69, 9.17) is 17.3 Å². The SMILES string of the molecule is CN(C(=O)/C=C/c1ccc(Cl)c(N)c1)c1ccccc1. The first kappa shape index (κ1) is 14.2. The van der Waals surface area contributed by atoms with Crippen LogP contribution in [0.3, 0.4) is 0 Å². The lowest BCUT2D eigenvalue weighted by Crippen LogP contribution is -2.23. The summed E-state index contributed by atoms with van der Waals surface area (Å²) in [7, 11) is 1.73. The lowest BCUT2D eigenvalue weighted by Gasteiger charge is -2.14. The van der Waals surface area contributed by atoms with Crippen LogP contribution in [0, 0.1) is 0 Å². The number of likely N-dealkylation sites (N-methyl/N-ethyl adjacent to an activating group) is 1. The third-order valence-corrected chi connectivity index (χ3v) is 3.26. The molecule has 20 heavy (non-hydrogen) atoms. The van der Waals surface area contributed by atoms with Crippen LogP contribution >= 0.6 is 11.6 Å². The van der Waals surface area contributed by atoms with E-state index in [0.717, 1.165) is 11.3 Å². The molecule has 2 N–H and O–H groups in total. The number of nitrogens with two attached hydrogens (primary N) is 1. The number of carbonyl (C=O) groups excluding carboxylic acids is 1. The van der Waals surface area contributed by atoms with Crippen molar-refractivity contribution in [2.24, 2.45) is 0 Å². The van der Waals surface area contributed by atoms with E-state index >= 15 is 0 Å². The van der Waals surface area contributed by atoms with Crippen LogP contribution in [-0.4, -0.2) is 13.0 Å². The molecule has 0 aromatic heterocycles. The van der Waals surface area contributed by atoms with Crippen molar-refractivity contribution in [3.05, 3.63) is 65.2 Å². The molecule has 2 rings (SSSR count). The average Bonchev–Trinajstić information content (AvgIpc) is 2.48. The maximum Gasteiger partial charge on any atom is 0.250 e. The van der Waals surface area contributed by atoms with Crippen LogP contribution in [0.5, 0.6) is 0 Å². The Balaban J connectivity index is 2.11. The highest BCUT2D eigenvalue weighted by Gasteiger charge is 2.06. The van der Waals surface area contributed by atoms with Gasteiger partial charge < -0.3 is 10.6 Å². The zero-order valence-electron chi connectivity index (χ0n) is 11.1. The molecule has 4 heteroatoms. The number of anilines is 2. The second-order valence-electron chi connectivity index (χ2n) is 4.35. The summed E-state index contributed by atoms with van der Waals surface area (Å²) in [6.45, 7) is 0. The van der Waals surface area contributed by atoms with Gasteiger partial charge in [0.2, 0.25) is 0 Å². The number of benzene rings is 2. The number of para-hydroxylation sites is 1. The van der Waals surface area contributed by atoms with Gasteiger partial charge in [-0.2, -0.15) is 0 Å². The summed E-state index contributed by atoms with van der Waals surface area (Å²) < 4.78 is 0. The first-order chi connectivity index (χ1) is 9.58. The maximum absolute atomic E-state index is 12.1. The Hall–Kier alpha value is -2.26. The summed E-state index contributed by atoms with van der Waals surface area (Å²) in [5.41, 5.74) is 7.89. The predicted molar refractivity (Wildman–Crippen MR) is 84.8 cm³/mol. The van der Waals surface area contributed by atoms with Gasteiger partial charge in [0, 0.05) is 18.8 Å². The molecule has 0 aliphatic heterocycles. The third kappa shape index (κ3) is 3.39. The van der Waals surface area contributed by atoms with Gasteiger partial charge in [0.25, 0.3) is 5.91 Å². The highest BCUT2D eigenvalue weighted by atomic mass is 35.5. The van der Waals surface area contributed by atoms with Crippen molar-refractivity contribution in [2.75, 3.05) is 17.7 Å². The second-order valence-corrected chi connectivity index (χ2v) is 4.75. The van der Waals surface area contributed by atoms with Gasteiger partial charge in [0.1, 0.15) is 0 Å². The number of nitrogen functional groups attached to an aromatic ring is 1. The molecule has 0 heterocycles. The molecule has 0 atom stereocenters. The van der Waals surface area contributed by atoms with Crippen LogP contribution in [-0.2, 0) is 4.79 Å². The molecule has 0 unspecified atom stereocenters. The molecule has 0 fully saturated rings. The van der Waals surface area contributed by atoms with Crippen LogP contribution in [0.25, 0.3) is 6.08 Å². The average molecular weight is 287 g/mol. The molecule has 0 saturated carbocycles. The van der Waals surface area contributed by atoms with E-state index in [2.05, 4.69) is 0 Å². The Kier molecular flexibility index (Phi) is 4.43. The van der Waals surface area contributed by atoms with Gasteiger partial charge in [0.15, 0.2) is 0 Å². The number of rotatable bonds is 3. The second kappa shape index (κ2) is 6.26. The molecule has 1 amide bonds. The number of amides is 1. The summed E-state index contributed by atoms with van der Waals surface area (Å²) in [6, 6.07) is 14.7. The molecule has 0 spiro atoms. The Morgan fingerprint density at radius 1 is 1.20 bits per heavy atom. The van der Waals surface area contributed by atoms with Crippen molar-refractivity contribution >= 4 is 35.0 Å². The van der Waals surface area contributed by atoms with Crippen LogP contribution in [0.15, 0.2) is 54.6 Å². The largest absolute Gasteiger partial charge is 0.398 e. The molecule has 0 bridgehead atoms. The van der Waals surface area contributed by atoms with Crippen molar-refractivity contribution in [3.8, 4) is 0 Å². The number of carbonyl (C=O) groups is 1. The molecule has 2 aromatic rings. The van der Waals surface area contributed by atoms with Gasteiger partial charge in [-0.15, -0.1) is 0 Å². The zero-order chi connectivity index (χ0) is 14.5. The van der Waals surface area contributed by atoms with Crippen molar-refractivity contribution in [3.63, 3.8) is 0 Å². The number of hydrogen-bond donors (Lipinski definition) is 1. The summed E-state index contributed by atoms with van der Waals surface area (Å²) in [6.07, 6.45) is 3.23. The lowest BCUT2D eigenvalue weighted by molar-refractivity contribution is -0.113. The van der Waals surface area contributed by atoms with E-state index in [-0.39, 0.29) is 5.91 Å². The Morgan fingerprint density at radius 3 is 2.55 bits per heavy atom. The van der Waals surface area contributed by atoms with Crippen molar-refractivity contribution in [1.82, 2.24) is 0 Å². The summed E-state index contributed by atoms with van der Waals surface area (Å²) in [4.78, 5) is 13.6. The van der Waals surface area contributed by atoms with Gasteiger partial charge in [-0.1, -0.05) is 35.9 Å². The molecule has 0 saturated heterocycles. The normalized spacial score (nSPS) is 10.7.